The van der Waals surface area contributed by atoms with E-state index in [9.17, 15) is 0 Å². The minimum atomic E-state index is -0.0271. The Balaban J connectivity index is 3.25. The number of ether oxygens (including phenoxy) is 1. The maximum Gasteiger partial charge on any atom is 0.0951 e. The van der Waals surface area contributed by atoms with Crippen LogP contribution in [0.3, 0.4) is 0 Å². The van der Waals surface area contributed by atoms with E-state index in [1.165, 1.54) is 0 Å². The number of hydrogen-bond donors (Lipinski definition) is 1. The third-order valence-corrected chi connectivity index (χ3v) is 1.51. The normalized spacial score (nSPS) is 12.9. The van der Waals surface area contributed by atoms with Gasteiger partial charge in [-0.3, -0.25) is 5.32 Å². The van der Waals surface area contributed by atoms with E-state index in [0.717, 1.165) is 13.0 Å². The molecular formula is C9H18N2O. The second-order valence-electron chi connectivity index (χ2n) is 2.96. The lowest BCUT2D eigenvalue weighted by Gasteiger charge is -2.10. The van der Waals surface area contributed by atoms with Gasteiger partial charge in [-0.25, -0.2) is 0 Å². The molecule has 0 heterocycles. The molecule has 70 valence electrons. The van der Waals surface area contributed by atoms with Crippen LogP contribution < -0.4 is 5.32 Å². The lowest BCUT2D eigenvalue weighted by Crippen LogP contribution is -2.30. The molecule has 0 fully saturated rings. The van der Waals surface area contributed by atoms with Crippen molar-refractivity contribution in [1.82, 2.24) is 5.32 Å². The van der Waals surface area contributed by atoms with Gasteiger partial charge in [-0.05, 0) is 20.3 Å². The van der Waals surface area contributed by atoms with E-state index >= 15 is 0 Å². The Morgan fingerprint density at radius 1 is 1.50 bits per heavy atom. The molecule has 0 aliphatic heterocycles. The predicted octanol–water partition coefficient (Wildman–Crippen LogP) is 1.30. The maximum atomic E-state index is 8.58. The second kappa shape index (κ2) is 7.08. The zero-order chi connectivity index (χ0) is 9.40. The molecule has 0 spiro atoms. The predicted molar refractivity (Wildman–Crippen MR) is 48.8 cm³/mol. The summed E-state index contributed by atoms with van der Waals surface area (Å²) in [5, 5.41) is 11.7. The summed E-state index contributed by atoms with van der Waals surface area (Å²) < 4.78 is 5.31. The zero-order valence-corrected chi connectivity index (χ0v) is 8.13. The van der Waals surface area contributed by atoms with Gasteiger partial charge >= 0.3 is 0 Å². The number of nitrogens with one attached hydrogen (secondary N) is 1. The van der Waals surface area contributed by atoms with Crippen molar-refractivity contribution in [3.63, 3.8) is 0 Å². The van der Waals surface area contributed by atoms with Crippen molar-refractivity contribution in [2.24, 2.45) is 0 Å². The molecule has 0 aromatic rings. The van der Waals surface area contributed by atoms with E-state index in [1.54, 1.807) is 0 Å². The van der Waals surface area contributed by atoms with Gasteiger partial charge in [-0.1, -0.05) is 6.92 Å². The Morgan fingerprint density at radius 2 is 2.17 bits per heavy atom. The Bertz CT molecular complexity index is 140. The van der Waals surface area contributed by atoms with Crippen LogP contribution in [0.2, 0.25) is 0 Å². The summed E-state index contributed by atoms with van der Waals surface area (Å²) in [4.78, 5) is 0. The van der Waals surface area contributed by atoms with E-state index in [-0.39, 0.29) is 12.1 Å². The smallest absolute Gasteiger partial charge is 0.0951 e. The van der Waals surface area contributed by atoms with Crippen molar-refractivity contribution in [1.29, 1.82) is 5.26 Å². The van der Waals surface area contributed by atoms with E-state index in [0.29, 0.717) is 6.61 Å². The molecule has 12 heavy (non-hydrogen) atoms. The molecule has 0 aliphatic carbocycles. The molecule has 1 unspecified atom stereocenters. The molecule has 0 radical (unpaired) electrons. The fourth-order valence-corrected chi connectivity index (χ4v) is 0.809. The summed E-state index contributed by atoms with van der Waals surface area (Å²) in [6.07, 6.45) is 1.12. The Hall–Kier alpha value is -0.590. The fraction of sp³-hybridized carbons (Fsp3) is 0.889. The van der Waals surface area contributed by atoms with E-state index in [1.807, 2.05) is 20.8 Å². The largest absolute Gasteiger partial charge is 0.377 e. The van der Waals surface area contributed by atoms with Crippen molar-refractivity contribution in [2.75, 3.05) is 13.2 Å². The van der Waals surface area contributed by atoms with Crippen LogP contribution in [0.15, 0.2) is 0 Å². The van der Waals surface area contributed by atoms with Gasteiger partial charge in [0.2, 0.25) is 0 Å². The first-order valence-corrected chi connectivity index (χ1v) is 4.45. The van der Waals surface area contributed by atoms with Crippen molar-refractivity contribution in [3.8, 4) is 6.07 Å². The van der Waals surface area contributed by atoms with Crippen LogP contribution in [0.5, 0.6) is 0 Å². The molecule has 3 heteroatoms. The summed E-state index contributed by atoms with van der Waals surface area (Å²) in [5.74, 6) is 0. The van der Waals surface area contributed by atoms with Gasteiger partial charge in [0.15, 0.2) is 0 Å². The monoisotopic (exact) mass is 170 g/mol. The highest BCUT2D eigenvalue weighted by molar-refractivity contribution is 4.87. The number of hydrogen-bond acceptors (Lipinski definition) is 3. The minimum absolute atomic E-state index is 0.0271. The Kier molecular flexibility index (Phi) is 6.73. The molecule has 0 aliphatic rings. The third-order valence-electron chi connectivity index (χ3n) is 1.51. The van der Waals surface area contributed by atoms with Gasteiger partial charge in [0.25, 0.3) is 0 Å². The molecule has 0 bridgehead atoms. The van der Waals surface area contributed by atoms with Crippen LogP contribution in [0.1, 0.15) is 27.2 Å². The van der Waals surface area contributed by atoms with Gasteiger partial charge in [-0.15, -0.1) is 0 Å². The molecule has 0 saturated heterocycles. The molecule has 1 N–H and O–H groups in total. The molecule has 0 aromatic heterocycles. The second-order valence-corrected chi connectivity index (χ2v) is 2.96. The van der Waals surface area contributed by atoms with Crippen LogP contribution in [0.25, 0.3) is 0 Å². The Morgan fingerprint density at radius 3 is 2.58 bits per heavy atom. The summed E-state index contributed by atoms with van der Waals surface area (Å²) >= 11 is 0. The standard InChI is InChI=1S/C9H18N2O/c1-4-9(7-10)11-5-6-12-8(2)3/h8-9,11H,4-6H2,1-3H3. The molecule has 0 saturated carbocycles. The third kappa shape index (κ3) is 6.14. The van der Waals surface area contributed by atoms with Crippen molar-refractivity contribution < 1.29 is 4.74 Å². The lowest BCUT2D eigenvalue weighted by atomic mass is 10.2. The van der Waals surface area contributed by atoms with Gasteiger partial charge in [0.1, 0.15) is 0 Å². The first-order chi connectivity index (χ1) is 5.70. The molecule has 0 rings (SSSR count). The van der Waals surface area contributed by atoms with Gasteiger partial charge < -0.3 is 4.74 Å². The average Bonchev–Trinajstić information content (AvgIpc) is 2.04. The highest BCUT2D eigenvalue weighted by Gasteiger charge is 2.01. The molecule has 0 aromatic carbocycles. The summed E-state index contributed by atoms with van der Waals surface area (Å²) in [5.41, 5.74) is 0. The minimum Gasteiger partial charge on any atom is -0.377 e. The van der Waals surface area contributed by atoms with Crippen LogP contribution in [-0.4, -0.2) is 25.3 Å². The summed E-state index contributed by atoms with van der Waals surface area (Å²) in [6.45, 7) is 7.42. The van der Waals surface area contributed by atoms with Crippen molar-refractivity contribution in [3.05, 3.63) is 0 Å². The maximum absolute atomic E-state index is 8.58. The number of nitrogens with zero attached hydrogens (tertiary/aromatic N) is 1. The Labute approximate surface area is 74.7 Å². The summed E-state index contributed by atoms with van der Waals surface area (Å²) in [6, 6.07) is 2.15. The van der Waals surface area contributed by atoms with E-state index in [4.69, 9.17) is 10.00 Å². The van der Waals surface area contributed by atoms with Crippen molar-refractivity contribution in [2.45, 2.75) is 39.3 Å². The van der Waals surface area contributed by atoms with Crippen LogP contribution in [-0.2, 0) is 4.74 Å². The van der Waals surface area contributed by atoms with E-state index < -0.39 is 0 Å². The zero-order valence-electron chi connectivity index (χ0n) is 8.13. The SMILES string of the molecule is CCC(C#N)NCCOC(C)C. The van der Waals surface area contributed by atoms with E-state index in [2.05, 4.69) is 11.4 Å². The highest BCUT2D eigenvalue weighted by Crippen LogP contribution is 1.89. The molecule has 3 nitrogen and oxygen atoms in total. The van der Waals surface area contributed by atoms with Gasteiger partial charge in [0.05, 0.1) is 24.8 Å². The first kappa shape index (κ1) is 11.4. The lowest BCUT2D eigenvalue weighted by molar-refractivity contribution is 0.0801. The van der Waals surface area contributed by atoms with Crippen molar-refractivity contribution >= 4 is 0 Å². The summed E-state index contributed by atoms with van der Waals surface area (Å²) in [7, 11) is 0. The topological polar surface area (TPSA) is 45.0 Å². The molecule has 0 amide bonds. The fourth-order valence-electron chi connectivity index (χ4n) is 0.809. The molecule has 1 atom stereocenters. The van der Waals surface area contributed by atoms with Gasteiger partial charge in [0, 0.05) is 6.54 Å². The van der Waals surface area contributed by atoms with Crippen LogP contribution in [0, 0.1) is 11.3 Å². The first-order valence-electron chi connectivity index (χ1n) is 4.45. The highest BCUT2D eigenvalue weighted by atomic mass is 16.5. The van der Waals surface area contributed by atoms with Crippen LogP contribution in [0.4, 0.5) is 0 Å². The average molecular weight is 170 g/mol. The van der Waals surface area contributed by atoms with Gasteiger partial charge in [-0.2, -0.15) is 5.26 Å². The number of nitriles is 1. The quantitative estimate of drug-likeness (QED) is 0.611. The molecular weight excluding hydrogens is 152 g/mol. The van der Waals surface area contributed by atoms with Crippen LogP contribution >= 0.6 is 0 Å². The number of rotatable bonds is 6.